The average Bonchev–Trinajstić information content (AvgIpc) is 3.60. The van der Waals surface area contributed by atoms with E-state index in [4.69, 9.17) is 0 Å². The minimum Gasteiger partial charge on any atom is -0.375 e. The maximum Gasteiger partial charge on any atom is 0.333 e. The molecule has 0 radical (unpaired) electrons. The number of anilines is 6. The molecule has 4 heteroatoms. The van der Waals surface area contributed by atoms with E-state index in [-0.39, 0.29) is 23.1 Å². The number of nitrogens with zero attached hydrogens (tertiary/aromatic N) is 3. The molecule has 0 bridgehead atoms. The first kappa shape index (κ1) is 36.3. The fraction of sp³-hybridized carbons (Fsp3) is 0.193. The van der Waals surface area contributed by atoms with Crippen LogP contribution in [0.1, 0.15) is 77.6 Å². The molecule has 8 aromatic carbocycles. The highest BCUT2D eigenvalue weighted by atomic mass is 15.2. The summed E-state index contributed by atoms with van der Waals surface area (Å²) in [6.45, 7) is 18.6. The maximum absolute atomic E-state index is 2.72. The third-order valence-corrected chi connectivity index (χ3v) is 14.2. The van der Waals surface area contributed by atoms with Gasteiger partial charge in [0.2, 0.25) is 0 Å². The first-order valence-electron chi connectivity index (χ1n) is 22.0. The van der Waals surface area contributed by atoms with Gasteiger partial charge in [0.1, 0.15) is 0 Å². The Labute approximate surface area is 360 Å². The summed E-state index contributed by atoms with van der Waals surface area (Å²) >= 11 is 0. The number of fused-ring (bicyclic) bond motifs is 11. The van der Waals surface area contributed by atoms with Crippen molar-refractivity contribution in [3.8, 4) is 11.1 Å². The van der Waals surface area contributed by atoms with Crippen molar-refractivity contribution < 1.29 is 0 Å². The Morgan fingerprint density at radius 3 is 1.80 bits per heavy atom. The zero-order valence-electron chi connectivity index (χ0n) is 36.4. The highest BCUT2D eigenvalue weighted by Gasteiger charge is 2.48. The van der Waals surface area contributed by atoms with Crippen LogP contribution in [0.3, 0.4) is 0 Å². The second-order valence-corrected chi connectivity index (χ2v) is 20.2. The first-order valence-corrected chi connectivity index (χ1v) is 22.0. The van der Waals surface area contributed by atoms with E-state index in [0.717, 1.165) is 17.1 Å². The molecule has 61 heavy (non-hydrogen) atoms. The largest absolute Gasteiger partial charge is 0.375 e. The Hall–Kier alpha value is -6.52. The standard InChI is InChI=1S/C57H50BN3/c1-55(2,3)36-24-28-38(29-25-36)59(39-30-26-37(27-31-39)56(4,5)6)40-33-45-43-18-13-17-42-44-32-23-35-15-9-10-16-41(35)52(44)61(53(42)43)58-48-21-14-20-47-54(48)60(50(34-40)51(45)58)49-22-12-11-19-46(49)57(47,7)8/h9-34H,1-8H3. The molecule has 0 fully saturated rings. The average molecular weight is 788 g/mol. The van der Waals surface area contributed by atoms with Gasteiger partial charge < -0.3 is 14.3 Å². The summed E-state index contributed by atoms with van der Waals surface area (Å²) in [5.41, 5.74) is 20.4. The van der Waals surface area contributed by atoms with Crippen LogP contribution in [0.25, 0.3) is 43.7 Å². The van der Waals surface area contributed by atoms with Crippen LogP contribution in [0.5, 0.6) is 0 Å². The minimum atomic E-state index is -0.195. The van der Waals surface area contributed by atoms with Crippen molar-refractivity contribution in [1.82, 2.24) is 4.48 Å². The lowest BCUT2D eigenvalue weighted by Gasteiger charge is -2.48. The molecule has 9 aromatic rings. The van der Waals surface area contributed by atoms with E-state index < -0.39 is 0 Å². The molecule has 0 spiro atoms. The van der Waals surface area contributed by atoms with E-state index in [9.17, 15) is 0 Å². The molecule has 3 nitrogen and oxygen atoms in total. The lowest BCUT2D eigenvalue weighted by molar-refractivity contribution is 0.590. The van der Waals surface area contributed by atoms with Crippen molar-refractivity contribution in [1.29, 1.82) is 0 Å². The molecule has 0 unspecified atom stereocenters. The van der Waals surface area contributed by atoms with Crippen LogP contribution in [0.15, 0.2) is 158 Å². The second-order valence-electron chi connectivity index (χ2n) is 20.2. The van der Waals surface area contributed by atoms with Crippen LogP contribution in [-0.2, 0) is 16.2 Å². The van der Waals surface area contributed by atoms with Crippen LogP contribution in [0.2, 0.25) is 0 Å². The summed E-state index contributed by atoms with van der Waals surface area (Å²) < 4.78 is 2.72. The molecule has 0 saturated carbocycles. The van der Waals surface area contributed by atoms with Crippen molar-refractivity contribution in [2.24, 2.45) is 0 Å². The van der Waals surface area contributed by atoms with Gasteiger partial charge in [-0.1, -0.05) is 171 Å². The summed E-state index contributed by atoms with van der Waals surface area (Å²) in [5.74, 6) is 0. The number of aromatic nitrogens is 1. The normalized spacial score (nSPS) is 14.6. The molecule has 296 valence electrons. The van der Waals surface area contributed by atoms with E-state index in [0.29, 0.717) is 0 Å². The lowest BCUT2D eigenvalue weighted by atomic mass is 9.44. The molecule has 0 amide bonds. The zero-order valence-corrected chi connectivity index (χ0v) is 36.4. The Bertz CT molecular complexity index is 3240. The van der Waals surface area contributed by atoms with Crippen molar-refractivity contribution >= 4 is 84.5 Å². The van der Waals surface area contributed by atoms with Crippen molar-refractivity contribution in [3.63, 3.8) is 0 Å². The molecule has 12 rings (SSSR count). The first-order chi connectivity index (χ1) is 29.3. The predicted octanol–water partition coefficient (Wildman–Crippen LogP) is 14.1. The van der Waals surface area contributed by atoms with Gasteiger partial charge in [-0.25, -0.2) is 0 Å². The maximum atomic E-state index is 2.72. The van der Waals surface area contributed by atoms with Crippen molar-refractivity contribution in [3.05, 3.63) is 180 Å². The summed E-state index contributed by atoms with van der Waals surface area (Å²) in [4.78, 5) is 5.12. The number of hydrogen-bond donors (Lipinski definition) is 0. The number of rotatable bonds is 3. The Morgan fingerprint density at radius 2 is 1.10 bits per heavy atom. The summed E-state index contributed by atoms with van der Waals surface area (Å²) in [7, 11) is 0. The van der Waals surface area contributed by atoms with Crippen LogP contribution in [0.4, 0.5) is 34.1 Å². The molecule has 4 heterocycles. The number of hydrogen-bond acceptors (Lipinski definition) is 2. The van der Waals surface area contributed by atoms with Gasteiger partial charge in [-0.3, -0.25) is 0 Å². The third kappa shape index (κ3) is 4.99. The molecule has 0 saturated heterocycles. The molecule has 0 N–H and O–H groups in total. The van der Waals surface area contributed by atoms with Gasteiger partial charge in [0.25, 0.3) is 0 Å². The van der Waals surface area contributed by atoms with Gasteiger partial charge in [0.15, 0.2) is 0 Å². The highest BCUT2D eigenvalue weighted by Crippen LogP contribution is 2.55. The molecule has 1 aromatic heterocycles. The van der Waals surface area contributed by atoms with E-state index in [1.807, 2.05) is 0 Å². The minimum absolute atomic E-state index is 0.0300. The van der Waals surface area contributed by atoms with Crippen molar-refractivity contribution in [2.45, 2.75) is 71.6 Å². The number of para-hydroxylation sites is 3. The fourth-order valence-corrected chi connectivity index (χ4v) is 11.1. The topological polar surface area (TPSA) is 11.4 Å². The van der Waals surface area contributed by atoms with E-state index in [2.05, 4.69) is 227 Å². The van der Waals surface area contributed by atoms with Gasteiger partial charge in [-0.05, 0) is 97.4 Å². The summed E-state index contributed by atoms with van der Waals surface area (Å²) in [6, 6.07) is 60.4. The monoisotopic (exact) mass is 787 g/mol. The van der Waals surface area contributed by atoms with Crippen LogP contribution in [0, 0.1) is 0 Å². The smallest absolute Gasteiger partial charge is 0.333 e. The van der Waals surface area contributed by atoms with Crippen LogP contribution >= 0.6 is 0 Å². The van der Waals surface area contributed by atoms with E-state index >= 15 is 0 Å². The summed E-state index contributed by atoms with van der Waals surface area (Å²) in [6.07, 6.45) is 0. The van der Waals surface area contributed by atoms with E-state index in [1.165, 1.54) is 93.9 Å². The Balaban J connectivity index is 1.22. The predicted molar refractivity (Wildman–Crippen MR) is 262 cm³/mol. The molecular weight excluding hydrogens is 737 g/mol. The zero-order chi connectivity index (χ0) is 41.7. The molecule has 3 aliphatic heterocycles. The molecular formula is C57H50BN3. The summed E-state index contributed by atoms with van der Waals surface area (Å²) in [5, 5.41) is 5.18. The fourth-order valence-electron chi connectivity index (χ4n) is 11.1. The highest BCUT2D eigenvalue weighted by molar-refractivity contribution is 6.90. The van der Waals surface area contributed by atoms with E-state index in [1.54, 1.807) is 0 Å². The molecule has 3 aliphatic rings. The molecule has 0 aliphatic carbocycles. The van der Waals surface area contributed by atoms with Gasteiger partial charge in [-0.2, -0.15) is 0 Å². The van der Waals surface area contributed by atoms with Gasteiger partial charge in [0.05, 0.1) is 5.69 Å². The van der Waals surface area contributed by atoms with Gasteiger partial charge in [-0.15, -0.1) is 0 Å². The van der Waals surface area contributed by atoms with Crippen molar-refractivity contribution in [2.75, 3.05) is 9.80 Å². The van der Waals surface area contributed by atoms with Gasteiger partial charge >= 0.3 is 6.85 Å². The number of benzene rings is 8. The van der Waals surface area contributed by atoms with Gasteiger partial charge in [0, 0.05) is 66.6 Å². The Kier molecular flexibility index (Phi) is 7.32. The quantitative estimate of drug-likeness (QED) is 0.165. The second kappa shape index (κ2) is 12.3. The van der Waals surface area contributed by atoms with Crippen LogP contribution in [-0.4, -0.2) is 11.3 Å². The third-order valence-electron chi connectivity index (χ3n) is 14.2. The lowest BCUT2D eigenvalue weighted by Crippen LogP contribution is -2.58. The van der Waals surface area contributed by atoms with Crippen LogP contribution < -0.4 is 20.7 Å². The Morgan fingerprint density at radius 1 is 0.492 bits per heavy atom. The molecule has 0 atom stereocenters. The SMILES string of the molecule is CC(C)(C)c1ccc(N(c2ccc(C(C)(C)C)cc2)c2cc3c4c(c2)N2c5ccccc5C(C)(C)c5cccc(c52)B4n2c4c-3cccc4c3ccc4ccccc4c32)cc1.